The van der Waals surface area contributed by atoms with E-state index in [1.807, 2.05) is 6.92 Å². The van der Waals surface area contributed by atoms with Crippen molar-refractivity contribution in [2.75, 3.05) is 19.6 Å². The van der Waals surface area contributed by atoms with Crippen molar-refractivity contribution in [1.82, 2.24) is 10.2 Å². The summed E-state index contributed by atoms with van der Waals surface area (Å²) < 4.78 is 5.39. The lowest BCUT2D eigenvalue weighted by Crippen LogP contribution is -2.41. The molecule has 1 aliphatic rings. The van der Waals surface area contributed by atoms with Gasteiger partial charge in [-0.05, 0) is 32.9 Å². The summed E-state index contributed by atoms with van der Waals surface area (Å²) in [4.78, 5) is 25.4. The zero-order valence-electron chi connectivity index (χ0n) is 12.7. The van der Waals surface area contributed by atoms with Gasteiger partial charge in [-0.1, -0.05) is 0 Å². The van der Waals surface area contributed by atoms with Crippen LogP contribution in [0.5, 0.6) is 0 Å². The molecule has 2 rings (SSSR count). The smallest absolute Gasteiger partial charge is 0.225 e. The molecule has 0 radical (unpaired) electrons. The van der Waals surface area contributed by atoms with Gasteiger partial charge < -0.3 is 19.7 Å². The molecule has 1 saturated heterocycles. The van der Waals surface area contributed by atoms with Gasteiger partial charge in [0.1, 0.15) is 17.1 Å². The lowest BCUT2D eigenvalue weighted by atomic mass is 10.0. The largest absolute Gasteiger partial charge is 0.463 e. The number of carbonyl (C=O) groups excluding carboxylic acids is 2. The highest BCUT2D eigenvalue weighted by atomic mass is 16.4. The van der Waals surface area contributed by atoms with Crippen LogP contribution in [0.25, 0.3) is 0 Å². The summed E-state index contributed by atoms with van der Waals surface area (Å²) in [5, 5.41) is 13.1. The van der Waals surface area contributed by atoms with E-state index in [9.17, 15) is 14.7 Å². The number of aliphatic hydroxyl groups is 1. The molecule has 1 aromatic heterocycles. The van der Waals surface area contributed by atoms with Crippen LogP contribution in [0.4, 0.5) is 0 Å². The fourth-order valence-corrected chi connectivity index (χ4v) is 2.47. The monoisotopic (exact) mass is 294 g/mol. The molecule has 0 saturated carbocycles. The predicted octanol–water partition coefficient (Wildman–Crippen LogP) is 0.780. The zero-order valence-corrected chi connectivity index (χ0v) is 12.7. The molecule has 0 aliphatic carbocycles. The maximum Gasteiger partial charge on any atom is 0.225 e. The van der Waals surface area contributed by atoms with E-state index in [0.29, 0.717) is 24.6 Å². The van der Waals surface area contributed by atoms with E-state index in [2.05, 4.69) is 5.32 Å². The molecule has 21 heavy (non-hydrogen) atoms. The second kappa shape index (κ2) is 5.89. The summed E-state index contributed by atoms with van der Waals surface area (Å²) in [6, 6.07) is 3.46. The Labute approximate surface area is 124 Å². The van der Waals surface area contributed by atoms with E-state index in [1.54, 1.807) is 30.9 Å². The Morgan fingerprint density at radius 2 is 2.29 bits per heavy atom. The Morgan fingerprint density at radius 1 is 1.57 bits per heavy atom. The first-order valence-electron chi connectivity index (χ1n) is 7.18. The normalized spacial score (nSPS) is 21.4. The van der Waals surface area contributed by atoms with Crippen LogP contribution in [-0.4, -0.2) is 41.5 Å². The Balaban J connectivity index is 1.91. The Bertz CT molecular complexity index is 536. The quantitative estimate of drug-likeness (QED) is 0.840. The Hall–Kier alpha value is -1.82. The third-order valence-corrected chi connectivity index (χ3v) is 3.85. The van der Waals surface area contributed by atoms with Crippen LogP contribution in [0, 0.1) is 12.8 Å². The van der Waals surface area contributed by atoms with Crippen LogP contribution in [-0.2, 0) is 15.2 Å². The van der Waals surface area contributed by atoms with E-state index in [4.69, 9.17) is 4.42 Å². The molecule has 1 fully saturated rings. The average Bonchev–Trinajstić information content (AvgIpc) is 3.02. The molecule has 2 amide bonds. The van der Waals surface area contributed by atoms with Gasteiger partial charge in [-0.3, -0.25) is 9.59 Å². The van der Waals surface area contributed by atoms with Crippen molar-refractivity contribution in [3.05, 3.63) is 23.7 Å². The number of likely N-dealkylation sites (tertiary alicyclic amines) is 1. The number of aryl methyl sites for hydroxylation is 1. The maximum atomic E-state index is 12.1. The highest BCUT2D eigenvalue weighted by Gasteiger charge is 2.35. The summed E-state index contributed by atoms with van der Waals surface area (Å²) in [5.74, 6) is 0.579. The van der Waals surface area contributed by atoms with Crippen LogP contribution in [0.2, 0.25) is 0 Å². The fourth-order valence-electron chi connectivity index (χ4n) is 2.47. The molecule has 116 valence electrons. The van der Waals surface area contributed by atoms with Crippen molar-refractivity contribution in [3.63, 3.8) is 0 Å². The fraction of sp³-hybridized carbons (Fsp3) is 0.600. The van der Waals surface area contributed by atoms with E-state index in [-0.39, 0.29) is 30.7 Å². The average molecular weight is 294 g/mol. The first kappa shape index (κ1) is 15.6. The van der Waals surface area contributed by atoms with Crippen molar-refractivity contribution in [3.8, 4) is 0 Å². The van der Waals surface area contributed by atoms with Crippen molar-refractivity contribution in [2.45, 2.75) is 32.8 Å². The molecule has 0 spiro atoms. The third kappa shape index (κ3) is 3.44. The molecular formula is C15H22N2O4. The Morgan fingerprint density at radius 3 is 2.81 bits per heavy atom. The van der Waals surface area contributed by atoms with Gasteiger partial charge in [-0.15, -0.1) is 0 Å². The second-order valence-electron chi connectivity index (χ2n) is 5.74. The van der Waals surface area contributed by atoms with E-state index in [1.165, 1.54) is 0 Å². The first-order valence-corrected chi connectivity index (χ1v) is 7.18. The van der Waals surface area contributed by atoms with Gasteiger partial charge in [0.05, 0.1) is 12.5 Å². The van der Waals surface area contributed by atoms with Crippen LogP contribution < -0.4 is 5.32 Å². The lowest BCUT2D eigenvalue weighted by molar-refractivity contribution is -0.129. The number of amides is 2. The van der Waals surface area contributed by atoms with E-state index in [0.717, 1.165) is 0 Å². The SMILES string of the molecule is CCN1CC(C(=O)NCC(C)(O)c2ccc(C)o2)CC1=O. The van der Waals surface area contributed by atoms with E-state index < -0.39 is 5.60 Å². The molecular weight excluding hydrogens is 272 g/mol. The van der Waals surface area contributed by atoms with Crippen molar-refractivity contribution >= 4 is 11.8 Å². The lowest BCUT2D eigenvalue weighted by Gasteiger charge is -2.22. The zero-order chi connectivity index (χ0) is 15.6. The molecule has 1 aromatic rings. The minimum absolute atomic E-state index is 0.00562. The molecule has 2 atom stereocenters. The highest BCUT2D eigenvalue weighted by molar-refractivity contribution is 5.89. The van der Waals surface area contributed by atoms with Gasteiger partial charge in [0.15, 0.2) is 0 Å². The molecule has 1 aliphatic heterocycles. The number of nitrogens with zero attached hydrogens (tertiary/aromatic N) is 1. The molecule has 2 unspecified atom stereocenters. The van der Waals surface area contributed by atoms with Gasteiger partial charge in [0, 0.05) is 19.5 Å². The van der Waals surface area contributed by atoms with Crippen molar-refractivity contribution < 1.29 is 19.1 Å². The minimum Gasteiger partial charge on any atom is -0.463 e. The summed E-state index contributed by atoms with van der Waals surface area (Å²) >= 11 is 0. The van der Waals surface area contributed by atoms with Crippen LogP contribution >= 0.6 is 0 Å². The molecule has 0 aromatic carbocycles. The standard InChI is InChI=1S/C15H22N2O4/c1-4-17-8-11(7-13(17)18)14(19)16-9-15(3,20)12-6-5-10(2)21-12/h5-6,11,20H,4,7-9H2,1-3H3,(H,16,19). The molecule has 2 heterocycles. The van der Waals surface area contributed by atoms with Gasteiger partial charge in [0.2, 0.25) is 11.8 Å². The second-order valence-corrected chi connectivity index (χ2v) is 5.74. The van der Waals surface area contributed by atoms with Gasteiger partial charge >= 0.3 is 0 Å². The summed E-state index contributed by atoms with van der Waals surface area (Å²) in [6.07, 6.45) is 0.238. The summed E-state index contributed by atoms with van der Waals surface area (Å²) in [5.41, 5.74) is -1.27. The number of rotatable bonds is 5. The molecule has 6 heteroatoms. The van der Waals surface area contributed by atoms with Crippen molar-refractivity contribution in [1.29, 1.82) is 0 Å². The van der Waals surface area contributed by atoms with Crippen molar-refractivity contribution in [2.24, 2.45) is 5.92 Å². The number of nitrogens with one attached hydrogen (secondary N) is 1. The van der Waals surface area contributed by atoms with Crippen LogP contribution in [0.15, 0.2) is 16.5 Å². The number of carbonyl (C=O) groups is 2. The molecule has 0 bridgehead atoms. The minimum atomic E-state index is -1.27. The summed E-state index contributed by atoms with van der Waals surface area (Å²) in [7, 11) is 0. The number of hydrogen-bond donors (Lipinski definition) is 2. The Kier molecular flexibility index (Phi) is 4.37. The molecule has 2 N–H and O–H groups in total. The predicted molar refractivity (Wildman–Crippen MR) is 76.4 cm³/mol. The van der Waals surface area contributed by atoms with Crippen LogP contribution in [0.3, 0.4) is 0 Å². The number of furan rings is 1. The molecule has 6 nitrogen and oxygen atoms in total. The topological polar surface area (TPSA) is 82.8 Å². The van der Waals surface area contributed by atoms with Crippen LogP contribution in [0.1, 0.15) is 31.8 Å². The third-order valence-electron chi connectivity index (χ3n) is 3.85. The number of hydrogen-bond acceptors (Lipinski definition) is 4. The van der Waals surface area contributed by atoms with Gasteiger partial charge in [0.25, 0.3) is 0 Å². The highest BCUT2D eigenvalue weighted by Crippen LogP contribution is 2.23. The summed E-state index contributed by atoms with van der Waals surface area (Å²) in [6.45, 7) is 6.39. The maximum absolute atomic E-state index is 12.1. The van der Waals surface area contributed by atoms with E-state index >= 15 is 0 Å². The van der Waals surface area contributed by atoms with Gasteiger partial charge in [-0.25, -0.2) is 0 Å². The first-order chi connectivity index (χ1) is 9.83. The van der Waals surface area contributed by atoms with Gasteiger partial charge in [-0.2, -0.15) is 0 Å².